The minimum Gasteiger partial charge on any atom is -1.00 e. The molecule has 0 heterocycles. The Labute approximate surface area is 173 Å². The van der Waals surface area contributed by atoms with Gasteiger partial charge in [0, 0.05) is 0 Å². The van der Waals surface area contributed by atoms with E-state index >= 15 is 0 Å². The standard InChI is InChI=1S/2CH2O3.ClH.3Na.H2O4S.3H/c2*2-1(3)4;;;;;1-5(2,3)4;;;/h2*(H2,2,3,4);1H;;;;(H2,1,2,3,4);;;/q;;;3*+1;;3*-1. The Morgan fingerprint density at radius 1 is 0.765 bits per heavy atom. The summed E-state index contributed by atoms with van der Waals surface area (Å²) in [7, 11) is -4.67. The Hall–Kier alpha value is 1.70. The Morgan fingerprint density at radius 2 is 0.765 bits per heavy atom. The Kier molecular flexibility index (Phi) is 66.2. The van der Waals surface area contributed by atoms with Crippen molar-refractivity contribution in [3.8, 4) is 0 Å². The van der Waals surface area contributed by atoms with Crippen LogP contribution in [0.4, 0.5) is 9.59 Å². The molecule has 0 atom stereocenters. The number of rotatable bonds is 0. The van der Waals surface area contributed by atoms with Gasteiger partial charge in [0.1, 0.15) is 0 Å². The maximum atomic E-state index is 8.74. The molecule has 0 aliphatic carbocycles. The average molecular weight is 331 g/mol. The molecule has 17 heavy (non-hydrogen) atoms. The van der Waals surface area contributed by atoms with Crippen LogP contribution < -0.4 is 88.7 Å². The first-order valence-corrected chi connectivity index (χ1v) is 3.40. The molecule has 94 valence electrons. The summed E-state index contributed by atoms with van der Waals surface area (Å²) in [6.07, 6.45) is -3.67. The first-order valence-electron chi connectivity index (χ1n) is 2.00. The van der Waals surface area contributed by atoms with E-state index in [1.54, 1.807) is 0 Å². The van der Waals surface area contributed by atoms with Gasteiger partial charge >= 0.3 is 111 Å². The van der Waals surface area contributed by atoms with Crippen molar-refractivity contribution in [2.45, 2.75) is 0 Å². The van der Waals surface area contributed by atoms with Crippen molar-refractivity contribution in [3.05, 3.63) is 0 Å². The molecule has 0 amide bonds. The fourth-order valence-electron chi connectivity index (χ4n) is 0. The van der Waals surface area contributed by atoms with Gasteiger partial charge in [0.2, 0.25) is 0 Å². The first kappa shape index (κ1) is 42.8. The van der Waals surface area contributed by atoms with Crippen LogP contribution in [-0.4, -0.2) is 50.3 Å². The zero-order chi connectivity index (χ0) is 11.7. The van der Waals surface area contributed by atoms with Gasteiger partial charge in [-0.2, -0.15) is 8.42 Å². The SMILES string of the molecule is Cl.O=C(O)O.O=C(O)O.O=S(=O)(O)O.[H-].[H-].[H-].[Na+].[Na+].[Na+]. The zero-order valence-electron chi connectivity index (χ0n) is 12.1. The molecule has 15 heteroatoms. The van der Waals surface area contributed by atoms with Crippen LogP contribution in [0.3, 0.4) is 0 Å². The molecule has 0 saturated carbocycles. The maximum Gasteiger partial charge on any atom is 1.00 e. The maximum absolute atomic E-state index is 8.74. The Bertz CT molecular complexity index is 236. The summed E-state index contributed by atoms with van der Waals surface area (Å²) in [6.45, 7) is 0. The Balaban J connectivity index is -0.00000000802. The summed E-state index contributed by atoms with van der Waals surface area (Å²) in [5.74, 6) is 0. The molecule has 0 aliphatic rings. The molecular formula is C2H10ClNa3O10S. The van der Waals surface area contributed by atoms with Gasteiger partial charge in [-0.15, -0.1) is 12.4 Å². The largest absolute Gasteiger partial charge is 1.00 e. The van der Waals surface area contributed by atoms with E-state index in [2.05, 4.69) is 0 Å². The zero-order valence-corrected chi connectivity index (χ0v) is 16.8. The molecule has 0 bridgehead atoms. The van der Waals surface area contributed by atoms with Crippen LogP contribution in [0.1, 0.15) is 4.28 Å². The van der Waals surface area contributed by atoms with Crippen molar-refractivity contribution in [2.24, 2.45) is 0 Å². The van der Waals surface area contributed by atoms with E-state index in [-0.39, 0.29) is 105 Å². The molecular weight excluding hydrogens is 321 g/mol. The number of hydrogen-bond acceptors (Lipinski definition) is 4. The molecule has 0 aliphatic heterocycles. The van der Waals surface area contributed by atoms with Crippen molar-refractivity contribution in [3.63, 3.8) is 0 Å². The summed E-state index contributed by atoms with van der Waals surface area (Å²) in [5.41, 5.74) is 0. The second-order valence-electron chi connectivity index (χ2n) is 1.01. The van der Waals surface area contributed by atoms with E-state index < -0.39 is 22.7 Å². The van der Waals surface area contributed by atoms with Crippen molar-refractivity contribution in [1.82, 2.24) is 0 Å². The first-order chi connectivity index (χ1) is 5.46. The van der Waals surface area contributed by atoms with Crippen molar-refractivity contribution >= 4 is 35.1 Å². The fourth-order valence-corrected chi connectivity index (χ4v) is 0. The summed E-state index contributed by atoms with van der Waals surface area (Å²) in [6, 6.07) is 0. The number of carbonyl (C=O) groups is 2. The minimum atomic E-state index is -4.67. The van der Waals surface area contributed by atoms with Crippen LogP contribution in [0, 0.1) is 0 Å². The topological polar surface area (TPSA) is 190 Å². The van der Waals surface area contributed by atoms with Crippen LogP contribution in [0.2, 0.25) is 0 Å². The monoisotopic (exact) mass is 330 g/mol. The van der Waals surface area contributed by atoms with Crippen LogP contribution in [0.5, 0.6) is 0 Å². The summed E-state index contributed by atoms with van der Waals surface area (Å²) < 4.78 is 31.6. The van der Waals surface area contributed by atoms with Gasteiger partial charge in [-0.05, 0) is 0 Å². The average Bonchev–Trinajstić information content (AvgIpc) is 1.50. The second-order valence-corrected chi connectivity index (χ2v) is 1.91. The fraction of sp³-hybridized carbons (Fsp3) is 0. The van der Waals surface area contributed by atoms with Gasteiger partial charge in [-0.1, -0.05) is 0 Å². The summed E-state index contributed by atoms with van der Waals surface area (Å²) in [4.78, 5) is 17.1. The van der Waals surface area contributed by atoms with Crippen LogP contribution in [-0.2, 0) is 10.4 Å². The molecule has 0 aromatic rings. The third kappa shape index (κ3) is 1510. The molecule has 0 aromatic heterocycles. The second kappa shape index (κ2) is 26.3. The van der Waals surface area contributed by atoms with Crippen LogP contribution in [0.15, 0.2) is 0 Å². The summed E-state index contributed by atoms with van der Waals surface area (Å²) in [5, 5.41) is 27.9. The quantitative estimate of drug-likeness (QED) is 0.184. The van der Waals surface area contributed by atoms with E-state index in [1.165, 1.54) is 0 Å². The van der Waals surface area contributed by atoms with E-state index in [0.29, 0.717) is 0 Å². The molecule has 0 radical (unpaired) electrons. The van der Waals surface area contributed by atoms with E-state index in [1.807, 2.05) is 0 Å². The predicted molar refractivity (Wildman–Crippen MR) is 46.1 cm³/mol. The molecule has 0 spiro atoms. The predicted octanol–water partition coefficient (Wildman–Crippen LogP) is -8.44. The third-order valence-electron chi connectivity index (χ3n) is 0. The minimum absolute atomic E-state index is 0. The number of halogens is 1. The van der Waals surface area contributed by atoms with Gasteiger partial charge < -0.3 is 24.7 Å². The molecule has 0 aromatic carbocycles. The van der Waals surface area contributed by atoms with Gasteiger partial charge in [0.05, 0.1) is 0 Å². The normalized spacial score (nSPS) is 6.24. The van der Waals surface area contributed by atoms with Crippen molar-refractivity contribution in [1.29, 1.82) is 0 Å². The number of carboxylic acid groups (broad SMARTS) is 4. The smallest absolute Gasteiger partial charge is 1.00 e. The van der Waals surface area contributed by atoms with Gasteiger partial charge in [0.15, 0.2) is 0 Å². The Morgan fingerprint density at radius 3 is 0.765 bits per heavy atom. The third-order valence-corrected chi connectivity index (χ3v) is 0. The molecule has 0 unspecified atom stereocenters. The van der Waals surface area contributed by atoms with E-state index in [4.69, 9.17) is 47.5 Å². The molecule has 0 fully saturated rings. The van der Waals surface area contributed by atoms with Gasteiger partial charge in [-0.3, -0.25) is 9.11 Å². The van der Waals surface area contributed by atoms with Gasteiger partial charge in [0.25, 0.3) is 0 Å². The molecule has 0 rings (SSSR count). The molecule has 10 nitrogen and oxygen atoms in total. The van der Waals surface area contributed by atoms with Gasteiger partial charge in [-0.25, -0.2) is 9.59 Å². The number of hydrogen-bond donors (Lipinski definition) is 6. The van der Waals surface area contributed by atoms with E-state index in [0.717, 1.165) is 0 Å². The van der Waals surface area contributed by atoms with Crippen molar-refractivity contribution in [2.75, 3.05) is 0 Å². The van der Waals surface area contributed by atoms with Crippen LogP contribution in [0.25, 0.3) is 0 Å². The molecule has 6 N–H and O–H groups in total. The van der Waals surface area contributed by atoms with Crippen LogP contribution >= 0.6 is 12.4 Å². The van der Waals surface area contributed by atoms with Crippen molar-refractivity contribution < 1.29 is 140 Å². The molecule has 0 saturated heterocycles. The van der Waals surface area contributed by atoms with E-state index in [9.17, 15) is 0 Å². The summed E-state index contributed by atoms with van der Waals surface area (Å²) >= 11 is 0.